The molecule has 1 aliphatic rings. The van der Waals surface area contributed by atoms with Crippen LogP contribution in [-0.2, 0) is 19.5 Å². The van der Waals surface area contributed by atoms with E-state index in [1.54, 1.807) is 0 Å². The maximum atomic E-state index is 5.61. The lowest BCUT2D eigenvalue weighted by atomic mass is 9.99. The molecule has 0 saturated heterocycles. The Morgan fingerprint density at radius 3 is 2.90 bits per heavy atom. The van der Waals surface area contributed by atoms with Crippen molar-refractivity contribution in [2.75, 3.05) is 11.4 Å². The lowest BCUT2D eigenvalue weighted by Crippen LogP contribution is -2.29. The molecule has 0 radical (unpaired) electrons. The van der Waals surface area contributed by atoms with E-state index in [-0.39, 0.29) is 0 Å². The number of pyridine rings is 1. The van der Waals surface area contributed by atoms with Gasteiger partial charge < -0.3 is 10.6 Å². The van der Waals surface area contributed by atoms with Crippen molar-refractivity contribution >= 4 is 5.69 Å². The molecule has 1 aromatic carbocycles. The highest BCUT2D eigenvalue weighted by Crippen LogP contribution is 2.28. The van der Waals surface area contributed by atoms with E-state index in [9.17, 15) is 0 Å². The van der Waals surface area contributed by atoms with Crippen LogP contribution in [0.1, 0.15) is 28.8 Å². The van der Waals surface area contributed by atoms with Gasteiger partial charge in [0.25, 0.3) is 0 Å². The van der Waals surface area contributed by atoms with Gasteiger partial charge in [-0.05, 0) is 43.0 Å². The number of rotatable bonds is 3. The van der Waals surface area contributed by atoms with Crippen molar-refractivity contribution in [1.82, 2.24) is 4.98 Å². The van der Waals surface area contributed by atoms with Gasteiger partial charge in [-0.25, -0.2) is 0 Å². The van der Waals surface area contributed by atoms with Crippen molar-refractivity contribution < 1.29 is 0 Å². The molecule has 104 valence electrons. The molecule has 1 aromatic heterocycles. The van der Waals surface area contributed by atoms with Gasteiger partial charge in [-0.2, -0.15) is 0 Å². The van der Waals surface area contributed by atoms with Gasteiger partial charge >= 0.3 is 0 Å². The number of hydrogen-bond donors (Lipinski definition) is 1. The van der Waals surface area contributed by atoms with Gasteiger partial charge in [0.2, 0.25) is 0 Å². The van der Waals surface area contributed by atoms with Crippen molar-refractivity contribution in [1.29, 1.82) is 0 Å². The molecule has 0 bridgehead atoms. The minimum Gasteiger partial charge on any atom is -0.365 e. The lowest BCUT2D eigenvalue weighted by Gasteiger charge is -2.31. The Labute approximate surface area is 120 Å². The van der Waals surface area contributed by atoms with Crippen LogP contribution in [0.25, 0.3) is 0 Å². The maximum absolute atomic E-state index is 5.61. The first-order valence-electron chi connectivity index (χ1n) is 7.24. The predicted molar refractivity (Wildman–Crippen MR) is 82.7 cm³/mol. The number of benzene rings is 1. The van der Waals surface area contributed by atoms with Crippen LogP contribution in [0.2, 0.25) is 0 Å². The summed E-state index contributed by atoms with van der Waals surface area (Å²) in [7, 11) is 0. The third kappa shape index (κ3) is 2.68. The van der Waals surface area contributed by atoms with Crippen molar-refractivity contribution in [2.45, 2.75) is 32.9 Å². The monoisotopic (exact) mass is 267 g/mol. The van der Waals surface area contributed by atoms with Gasteiger partial charge in [-0.3, -0.25) is 4.98 Å². The fourth-order valence-electron chi connectivity index (χ4n) is 2.83. The fourth-order valence-corrected chi connectivity index (χ4v) is 2.83. The summed E-state index contributed by atoms with van der Waals surface area (Å²) in [5.74, 6) is 0. The average Bonchev–Trinajstić information content (AvgIpc) is 2.48. The number of hydrogen-bond acceptors (Lipinski definition) is 3. The Hall–Kier alpha value is -1.87. The second-order valence-corrected chi connectivity index (χ2v) is 5.52. The molecule has 0 saturated carbocycles. The van der Waals surface area contributed by atoms with E-state index < -0.39 is 0 Å². The molecule has 0 atom stereocenters. The minimum absolute atomic E-state index is 0.555. The Morgan fingerprint density at radius 1 is 1.25 bits per heavy atom. The summed E-state index contributed by atoms with van der Waals surface area (Å²) in [5, 5.41) is 0. The molecule has 20 heavy (non-hydrogen) atoms. The van der Waals surface area contributed by atoms with Gasteiger partial charge in [0.1, 0.15) is 0 Å². The molecule has 0 spiro atoms. The first-order valence-corrected chi connectivity index (χ1v) is 7.24. The number of fused-ring (bicyclic) bond motifs is 1. The van der Waals surface area contributed by atoms with Gasteiger partial charge in [0.05, 0.1) is 12.2 Å². The maximum Gasteiger partial charge on any atom is 0.0602 e. The summed E-state index contributed by atoms with van der Waals surface area (Å²) in [5.41, 5.74) is 12.0. The van der Waals surface area contributed by atoms with Crippen LogP contribution in [0.4, 0.5) is 5.69 Å². The van der Waals surface area contributed by atoms with Gasteiger partial charge in [-0.1, -0.05) is 23.8 Å². The molecule has 2 N–H and O–H groups in total. The standard InChI is InChI=1S/C17H21N3/c1-13-4-7-17-15(9-13)3-2-8-20(17)12-16-6-5-14(10-18)11-19-16/h4-7,9,11H,2-3,8,10,12,18H2,1H3. The van der Waals surface area contributed by atoms with Crippen molar-refractivity contribution in [3.63, 3.8) is 0 Å². The highest BCUT2D eigenvalue weighted by molar-refractivity contribution is 5.56. The van der Waals surface area contributed by atoms with Crippen LogP contribution >= 0.6 is 0 Å². The number of aryl methyl sites for hydroxylation is 2. The summed E-state index contributed by atoms with van der Waals surface area (Å²) in [6.45, 7) is 4.70. The average molecular weight is 267 g/mol. The second-order valence-electron chi connectivity index (χ2n) is 5.52. The molecular formula is C17H21N3. The summed E-state index contributed by atoms with van der Waals surface area (Å²) in [6, 6.07) is 10.9. The normalized spacial score (nSPS) is 14.2. The number of nitrogens with two attached hydrogens (primary N) is 1. The number of anilines is 1. The summed E-state index contributed by atoms with van der Waals surface area (Å²) in [6.07, 6.45) is 4.29. The molecule has 2 aromatic rings. The molecule has 3 nitrogen and oxygen atoms in total. The molecule has 0 amide bonds. The number of aromatic nitrogens is 1. The highest BCUT2D eigenvalue weighted by atomic mass is 15.1. The van der Waals surface area contributed by atoms with E-state index in [2.05, 4.69) is 47.1 Å². The third-order valence-electron chi connectivity index (χ3n) is 3.92. The van der Waals surface area contributed by atoms with Crippen molar-refractivity contribution in [3.8, 4) is 0 Å². The Bertz CT molecular complexity index is 590. The summed E-state index contributed by atoms with van der Waals surface area (Å²) >= 11 is 0. The van der Waals surface area contributed by atoms with Gasteiger partial charge in [0, 0.05) is 25.0 Å². The molecule has 3 rings (SSSR count). The van der Waals surface area contributed by atoms with Crippen molar-refractivity contribution in [2.24, 2.45) is 5.73 Å². The fraction of sp³-hybridized carbons (Fsp3) is 0.353. The first-order chi connectivity index (χ1) is 9.76. The molecule has 0 fully saturated rings. The quantitative estimate of drug-likeness (QED) is 0.930. The summed E-state index contributed by atoms with van der Waals surface area (Å²) < 4.78 is 0. The molecule has 0 unspecified atom stereocenters. The Balaban J connectivity index is 1.81. The van der Waals surface area contributed by atoms with E-state index >= 15 is 0 Å². The van der Waals surface area contributed by atoms with E-state index in [0.717, 1.165) is 24.3 Å². The van der Waals surface area contributed by atoms with Crippen LogP contribution < -0.4 is 10.6 Å². The predicted octanol–water partition coefficient (Wildman–Crippen LogP) is 2.80. The van der Waals surface area contributed by atoms with E-state index in [1.807, 2.05) is 6.20 Å². The molecule has 1 aliphatic heterocycles. The van der Waals surface area contributed by atoms with Crippen LogP contribution in [0, 0.1) is 6.92 Å². The Morgan fingerprint density at radius 2 is 2.15 bits per heavy atom. The molecule has 2 heterocycles. The lowest BCUT2D eigenvalue weighted by molar-refractivity contribution is 0.683. The second kappa shape index (κ2) is 5.63. The topological polar surface area (TPSA) is 42.1 Å². The SMILES string of the molecule is Cc1ccc2c(c1)CCCN2Cc1ccc(CN)cn1. The molecular weight excluding hydrogens is 246 g/mol. The molecule has 3 heteroatoms. The third-order valence-corrected chi connectivity index (χ3v) is 3.92. The van der Waals surface area contributed by atoms with Crippen LogP contribution in [0.15, 0.2) is 36.5 Å². The van der Waals surface area contributed by atoms with Crippen molar-refractivity contribution in [3.05, 3.63) is 58.9 Å². The first kappa shape index (κ1) is 13.1. The smallest absolute Gasteiger partial charge is 0.0602 e. The number of nitrogens with zero attached hydrogens (tertiary/aromatic N) is 2. The van der Waals surface area contributed by atoms with Crippen LogP contribution in [0.3, 0.4) is 0 Å². The van der Waals surface area contributed by atoms with Crippen LogP contribution in [0.5, 0.6) is 0 Å². The van der Waals surface area contributed by atoms with Crippen LogP contribution in [-0.4, -0.2) is 11.5 Å². The zero-order chi connectivity index (χ0) is 13.9. The van der Waals surface area contributed by atoms with Gasteiger partial charge in [0.15, 0.2) is 0 Å². The van der Waals surface area contributed by atoms with E-state index in [1.165, 1.54) is 29.7 Å². The Kier molecular flexibility index (Phi) is 3.70. The largest absolute Gasteiger partial charge is 0.365 e. The zero-order valence-corrected chi connectivity index (χ0v) is 12.0. The molecule has 0 aliphatic carbocycles. The van der Waals surface area contributed by atoms with E-state index in [0.29, 0.717) is 6.54 Å². The summed E-state index contributed by atoms with van der Waals surface area (Å²) in [4.78, 5) is 6.95. The van der Waals surface area contributed by atoms with E-state index in [4.69, 9.17) is 5.73 Å². The van der Waals surface area contributed by atoms with Gasteiger partial charge in [-0.15, -0.1) is 0 Å². The highest BCUT2D eigenvalue weighted by Gasteiger charge is 2.17. The minimum atomic E-state index is 0.555. The zero-order valence-electron chi connectivity index (χ0n) is 12.0.